The molecule has 8 heteroatoms. The number of nitrogens with zero attached hydrogens (tertiary/aromatic N) is 2. The highest BCUT2D eigenvalue weighted by Crippen LogP contribution is 2.30. The number of hydrogen-bond acceptors (Lipinski definition) is 5. The SMILES string of the molecule is O=S1(=O)C[C@@H]2NC(=S)N(c3nccs3)[C@H]2C1. The third-order valence-electron chi connectivity index (χ3n) is 2.81. The summed E-state index contributed by atoms with van der Waals surface area (Å²) in [6.07, 6.45) is 1.69. The summed E-state index contributed by atoms with van der Waals surface area (Å²) in [6.45, 7) is 0. The fourth-order valence-corrected chi connectivity index (χ4v) is 5.19. The van der Waals surface area contributed by atoms with Gasteiger partial charge >= 0.3 is 0 Å². The molecule has 1 aromatic rings. The first kappa shape index (κ1) is 10.4. The number of nitrogens with one attached hydrogen (secondary N) is 1. The molecule has 0 spiro atoms. The average molecular weight is 275 g/mol. The van der Waals surface area contributed by atoms with Gasteiger partial charge in [-0.05, 0) is 12.2 Å². The average Bonchev–Trinajstić information content (AvgIpc) is 2.79. The van der Waals surface area contributed by atoms with Gasteiger partial charge in [0, 0.05) is 11.6 Å². The quantitative estimate of drug-likeness (QED) is 0.728. The van der Waals surface area contributed by atoms with Gasteiger partial charge < -0.3 is 5.32 Å². The summed E-state index contributed by atoms with van der Waals surface area (Å²) in [6, 6.07) is -0.176. The number of sulfone groups is 1. The third-order valence-corrected chi connectivity index (χ3v) is 5.61. The second kappa shape index (κ2) is 3.38. The number of thiazole rings is 1. The summed E-state index contributed by atoms with van der Waals surface area (Å²) in [4.78, 5) is 6.01. The van der Waals surface area contributed by atoms with Crippen LogP contribution in [0, 0.1) is 0 Å². The van der Waals surface area contributed by atoms with Crippen molar-refractivity contribution in [3.63, 3.8) is 0 Å². The lowest BCUT2D eigenvalue weighted by Gasteiger charge is -2.19. The first-order valence-electron chi connectivity index (χ1n) is 4.76. The number of thiocarbonyl (C=S) groups is 1. The lowest BCUT2D eigenvalue weighted by molar-refractivity contribution is 0.600. The highest BCUT2D eigenvalue weighted by atomic mass is 32.2. The molecular weight excluding hydrogens is 266 g/mol. The van der Waals surface area contributed by atoms with Crippen LogP contribution in [0.25, 0.3) is 0 Å². The van der Waals surface area contributed by atoms with Crippen molar-refractivity contribution >= 4 is 43.6 Å². The molecule has 0 amide bonds. The van der Waals surface area contributed by atoms with Crippen LogP contribution in [0.1, 0.15) is 0 Å². The first-order chi connectivity index (χ1) is 7.57. The zero-order valence-corrected chi connectivity index (χ0v) is 10.6. The molecule has 0 aromatic carbocycles. The van der Waals surface area contributed by atoms with E-state index in [1.807, 2.05) is 10.3 Å². The smallest absolute Gasteiger partial charge is 0.191 e. The molecule has 0 radical (unpaired) electrons. The van der Waals surface area contributed by atoms with Gasteiger partial charge in [-0.3, -0.25) is 4.90 Å². The fraction of sp³-hybridized carbons (Fsp3) is 0.500. The number of aromatic nitrogens is 1. The highest BCUT2D eigenvalue weighted by molar-refractivity contribution is 7.91. The van der Waals surface area contributed by atoms with Crippen LogP contribution in [-0.2, 0) is 9.84 Å². The van der Waals surface area contributed by atoms with Gasteiger partial charge in [-0.1, -0.05) is 0 Å². The van der Waals surface area contributed by atoms with Crippen molar-refractivity contribution in [3.05, 3.63) is 11.6 Å². The Morgan fingerprint density at radius 3 is 3.06 bits per heavy atom. The van der Waals surface area contributed by atoms with Gasteiger partial charge in [0.2, 0.25) is 0 Å². The van der Waals surface area contributed by atoms with Gasteiger partial charge in [0.25, 0.3) is 0 Å². The van der Waals surface area contributed by atoms with Gasteiger partial charge in [0.05, 0.1) is 23.6 Å². The molecule has 1 N–H and O–H groups in total. The second-order valence-corrected chi connectivity index (χ2v) is 7.30. The molecule has 86 valence electrons. The minimum absolute atomic E-state index is 0.0820. The topological polar surface area (TPSA) is 62.3 Å². The van der Waals surface area contributed by atoms with Gasteiger partial charge in [0.15, 0.2) is 20.1 Å². The van der Waals surface area contributed by atoms with E-state index < -0.39 is 9.84 Å². The minimum Gasteiger partial charge on any atom is -0.356 e. The van der Waals surface area contributed by atoms with E-state index in [4.69, 9.17) is 12.2 Å². The molecule has 3 rings (SSSR count). The highest BCUT2D eigenvalue weighted by Gasteiger charge is 2.48. The van der Waals surface area contributed by atoms with Gasteiger partial charge in [-0.25, -0.2) is 13.4 Å². The van der Waals surface area contributed by atoms with Gasteiger partial charge in [-0.15, -0.1) is 11.3 Å². The van der Waals surface area contributed by atoms with Crippen LogP contribution >= 0.6 is 23.6 Å². The molecule has 1 aromatic heterocycles. The normalized spacial score (nSPS) is 31.5. The second-order valence-electron chi connectivity index (χ2n) is 3.88. The van der Waals surface area contributed by atoms with E-state index in [1.54, 1.807) is 6.20 Å². The van der Waals surface area contributed by atoms with E-state index in [2.05, 4.69) is 10.3 Å². The van der Waals surface area contributed by atoms with Crippen LogP contribution in [0.3, 0.4) is 0 Å². The van der Waals surface area contributed by atoms with Crippen molar-refractivity contribution in [1.82, 2.24) is 10.3 Å². The Bertz CT molecular complexity index is 525. The van der Waals surface area contributed by atoms with Crippen molar-refractivity contribution in [1.29, 1.82) is 0 Å². The van der Waals surface area contributed by atoms with E-state index in [0.717, 1.165) is 5.13 Å². The van der Waals surface area contributed by atoms with Crippen LogP contribution in [0.4, 0.5) is 5.13 Å². The first-order valence-corrected chi connectivity index (χ1v) is 7.87. The van der Waals surface area contributed by atoms with Crippen molar-refractivity contribution in [2.24, 2.45) is 0 Å². The van der Waals surface area contributed by atoms with E-state index in [1.165, 1.54) is 11.3 Å². The molecule has 2 aliphatic rings. The molecule has 2 atom stereocenters. The lowest BCUT2D eigenvalue weighted by Crippen LogP contribution is -2.36. The van der Waals surface area contributed by atoms with Gasteiger partial charge in [-0.2, -0.15) is 0 Å². The Morgan fingerprint density at radius 1 is 1.56 bits per heavy atom. The number of hydrogen-bond donors (Lipinski definition) is 1. The summed E-state index contributed by atoms with van der Waals surface area (Å²) in [5.74, 6) is 0.323. The summed E-state index contributed by atoms with van der Waals surface area (Å²) >= 11 is 6.67. The zero-order chi connectivity index (χ0) is 11.3. The van der Waals surface area contributed by atoms with E-state index in [9.17, 15) is 8.42 Å². The van der Waals surface area contributed by atoms with Crippen molar-refractivity contribution < 1.29 is 8.42 Å². The summed E-state index contributed by atoms with van der Waals surface area (Å²) in [7, 11) is -2.94. The lowest BCUT2D eigenvalue weighted by atomic mass is 10.2. The Morgan fingerprint density at radius 2 is 2.38 bits per heavy atom. The predicted octanol–water partition coefficient (Wildman–Crippen LogP) is 0.00320. The van der Waals surface area contributed by atoms with Crippen molar-refractivity contribution in [2.75, 3.05) is 16.4 Å². The maximum atomic E-state index is 11.5. The number of rotatable bonds is 1. The zero-order valence-electron chi connectivity index (χ0n) is 8.16. The van der Waals surface area contributed by atoms with E-state index >= 15 is 0 Å². The molecule has 2 fully saturated rings. The van der Waals surface area contributed by atoms with Crippen molar-refractivity contribution in [3.8, 4) is 0 Å². The molecule has 0 unspecified atom stereocenters. The molecule has 0 saturated carbocycles. The standard InChI is InChI=1S/C8H9N3O2S3/c12-16(13)3-5-6(4-16)11(7(14)10-5)8-9-1-2-15-8/h1-2,5-6H,3-4H2,(H,10,14)/t5-,6-/m0/s1. The van der Waals surface area contributed by atoms with Crippen LogP contribution in [0.15, 0.2) is 11.6 Å². The maximum absolute atomic E-state index is 11.5. The Balaban J connectivity index is 1.98. The third kappa shape index (κ3) is 1.52. The number of fused-ring (bicyclic) bond motifs is 1. The summed E-state index contributed by atoms with van der Waals surface area (Å²) < 4.78 is 23.1. The molecule has 3 heterocycles. The number of anilines is 1. The van der Waals surface area contributed by atoms with E-state index in [0.29, 0.717) is 5.11 Å². The predicted molar refractivity (Wildman–Crippen MR) is 66.6 cm³/mol. The molecule has 0 aliphatic carbocycles. The van der Waals surface area contributed by atoms with Crippen LogP contribution in [0.2, 0.25) is 0 Å². The fourth-order valence-electron chi connectivity index (χ4n) is 2.16. The Kier molecular flexibility index (Phi) is 2.20. The minimum atomic E-state index is -2.94. The molecular formula is C8H9N3O2S3. The van der Waals surface area contributed by atoms with Gasteiger partial charge in [0.1, 0.15) is 0 Å². The molecule has 16 heavy (non-hydrogen) atoms. The molecule has 2 aliphatic heterocycles. The summed E-state index contributed by atoms with van der Waals surface area (Å²) in [5, 5.41) is 6.26. The Hall–Kier alpha value is -0.730. The monoisotopic (exact) mass is 275 g/mol. The van der Waals surface area contributed by atoms with E-state index in [-0.39, 0.29) is 23.6 Å². The Labute approximate surface area is 102 Å². The van der Waals surface area contributed by atoms with Crippen LogP contribution in [-0.4, -0.2) is 42.1 Å². The van der Waals surface area contributed by atoms with Crippen LogP contribution < -0.4 is 10.2 Å². The van der Waals surface area contributed by atoms with Crippen LogP contribution in [0.5, 0.6) is 0 Å². The largest absolute Gasteiger partial charge is 0.356 e. The van der Waals surface area contributed by atoms with Crippen molar-refractivity contribution in [2.45, 2.75) is 12.1 Å². The molecule has 5 nitrogen and oxygen atoms in total. The molecule has 2 saturated heterocycles. The molecule has 0 bridgehead atoms. The maximum Gasteiger partial charge on any atom is 0.191 e. The summed E-state index contributed by atoms with van der Waals surface area (Å²) in [5.41, 5.74) is 0.